The fourth-order valence-electron chi connectivity index (χ4n) is 2.07. The number of nitrogens with one attached hydrogen (secondary N) is 2. The summed E-state index contributed by atoms with van der Waals surface area (Å²) in [4.78, 5) is 35.1. The minimum Gasteiger partial charge on any atom is -0.493 e. The molecule has 1 aliphatic heterocycles. The molecule has 136 valence electrons. The average molecular weight is 352 g/mol. The van der Waals surface area contributed by atoms with E-state index in [4.69, 9.17) is 18.9 Å². The fraction of sp³-hybridized carbons (Fsp3) is 0.438. The first-order chi connectivity index (χ1) is 11.9. The third-order valence-corrected chi connectivity index (χ3v) is 3.07. The van der Waals surface area contributed by atoms with Gasteiger partial charge in [0.2, 0.25) is 5.75 Å². The highest BCUT2D eigenvalue weighted by Crippen LogP contribution is 2.40. The highest BCUT2D eigenvalue weighted by molar-refractivity contribution is 5.97. The van der Waals surface area contributed by atoms with E-state index < -0.39 is 24.5 Å². The number of rotatable bonds is 5. The summed E-state index contributed by atoms with van der Waals surface area (Å²) in [6.45, 7) is 3.63. The van der Waals surface area contributed by atoms with Gasteiger partial charge in [-0.15, -0.1) is 0 Å². The zero-order chi connectivity index (χ0) is 18.4. The van der Waals surface area contributed by atoms with Crippen LogP contribution in [0.25, 0.3) is 0 Å². The number of fused-ring (bicyclic) bond motifs is 1. The van der Waals surface area contributed by atoms with Crippen molar-refractivity contribution in [1.82, 2.24) is 10.6 Å². The SMILES string of the molecule is COc1cc(C(=O)OCC(=O)NC(=O)NC(C)C)cc2c1OCCO2. The van der Waals surface area contributed by atoms with E-state index in [-0.39, 0.29) is 11.6 Å². The average Bonchev–Trinajstić information content (AvgIpc) is 2.57. The van der Waals surface area contributed by atoms with E-state index in [0.717, 1.165) is 0 Å². The molecule has 0 saturated carbocycles. The van der Waals surface area contributed by atoms with Crippen LogP contribution in [0, 0.1) is 0 Å². The van der Waals surface area contributed by atoms with Crippen LogP contribution in [0.3, 0.4) is 0 Å². The second-order valence-electron chi connectivity index (χ2n) is 5.46. The maximum Gasteiger partial charge on any atom is 0.338 e. The number of hydrogen-bond acceptors (Lipinski definition) is 7. The zero-order valence-electron chi connectivity index (χ0n) is 14.2. The van der Waals surface area contributed by atoms with Crippen molar-refractivity contribution in [3.8, 4) is 17.2 Å². The second kappa shape index (κ2) is 8.22. The Hall–Kier alpha value is -2.97. The van der Waals surface area contributed by atoms with Crippen LogP contribution in [0.5, 0.6) is 17.2 Å². The van der Waals surface area contributed by atoms with Gasteiger partial charge in [-0.25, -0.2) is 9.59 Å². The van der Waals surface area contributed by atoms with Crippen LogP contribution in [-0.4, -0.2) is 50.9 Å². The highest BCUT2D eigenvalue weighted by Gasteiger charge is 2.22. The van der Waals surface area contributed by atoms with E-state index in [1.807, 2.05) is 0 Å². The molecule has 0 spiro atoms. The first kappa shape index (κ1) is 18.4. The van der Waals surface area contributed by atoms with Crippen molar-refractivity contribution in [1.29, 1.82) is 0 Å². The largest absolute Gasteiger partial charge is 0.493 e. The Balaban J connectivity index is 1.97. The molecule has 1 aromatic rings. The van der Waals surface area contributed by atoms with Gasteiger partial charge in [0.1, 0.15) is 13.2 Å². The molecule has 2 rings (SSSR count). The molecule has 9 heteroatoms. The number of carbonyl (C=O) groups is 3. The number of hydrogen-bond donors (Lipinski definition) is 2. The van der Waals surface area contributed by atoms with Gasteiger partial charge in [0.15, 0.2) is 18.1 Å². The van der Waals surface area contributed by atoms with Gasteiger partial charge in [-0.3, -0.25) is 10.1 Å². The highest BCUT2D eigenvalue weighted by atomic mass is 16.6. The molecule has 2 N–H and O–H groups in total. The molecule has 1 heterocycles. The molecule has 0 aliphatic carbocycles. The lowest BCUT2D eigenvalue weighted by Gasteiger charge is -2.21. The van der Waals surface area contributed by atoms with Gasteiger partial charge < -0.3 is 24.3 Å². The van der Waals surface area contributed by atoms with Crippen LogP contribution in [-0.2, 0) is 9.53 Å². The zero-order valence-corrected chi connectivity index (χ0v) is 14.2. The van der Waals surface area contributed by atoms with Gasteiger partial charge in [-0.2, -0.15) is 0 Å². The Morgan fingerprint density at radius 2 is 1.92 bits per heavy atom. The molecule has 1 aromatic carbocycles. The molecule has 1 aliphatic rings. The summed E-state index contributed by atoms with van der Waals surface area (Å²) in [5.74, 6) is -0.401. The van der Waals surface area contributed by atoms with Crippen molar-refractivity contribution in [3.05, 3.63) is 17.7 Å². The summed E-state index contributed by atoms with van der Waals surface area (Å²) in [5.41, 5.74) is 0.139. The minimum absolute atomic E-state index is 0.125. The third-order valence-electron chi connectivity index (χ3n) is 3.07. The predicted molar refractivity (Wildman–Crippen MR) is 86.1 cm³/mol. The topological polar surface area (TPSA) is 112 Å². The first-order valence-electron chi connectivity index (χ1n) is 7.65. The molecular formula is C16H20N2O7. The maximum atomic E-state index is 12.1. The van der Waals surface area contributed by atoms with Crippen molar-refractivity contribution in [3.63, 3.8) is 0 Å². The summed E-state index contributed by atoms with van der Waals surface area (Å²) < 4.78 is 20.9. The van der Waals surface area contributed by atoms with Crippen LogP contribution in [0.2, 0.25) is 0 Å². The lowest BCUT2D eigenvalue weighted by Crippen LogP contribution is -2.44. The smallest absolute Gasteiger partial charge is 0.338 e. The molecular weight excluding hydrogens is 332 g/mol. The molecule has 0 unspecified atom stereocenters. The summed E-state index contributed by atoms with van der Waals surface area (Å²) in [6.07, 6.45) is 0. The number of methoxy groups -OCH3 is 1. The van der Waals surface area contributed by atoms with Gasteiger partial charge in [-0.1, -0.05) is 0 Å². The van der Waals surface area contributed by atoms with E-state index in [2.05, 4.69) is 10.6 Å². The first-order valence-corrected chi connectivity index (χ1v) is 7.65. The third kappa shape index (κ3) is 5.00. The second-order valence-corrected chi connectivity index (χ2v) is 5.46. The number of amides is 3. The molecule has 0 atom stereocenters. The summed E-state index contributed by atoms with van der Waals surface area (Å²) >= 11 is 0. The molecule has 9 nitrogen and oxygen atoms in total. The molecule has 0 fully saturated rings. The van der Waals surface area contributed by atoms with Gasteiger partial charge in [0.25, 0.3) is 5.91 Å². The molecule has 25 heavy (non-hydrogen) atoms. The summed E-state index contributed by atoms with van der Waals surface area (Å²) in [7, 11) is 1.43. The molecule has 3 amide bonds. The monoisotopic (exact) mass is 352 g/mol. The maximum absolute atomic E-state index is 12.1. The number of imide groups is 1. The Bertz CT molecular complexity index is 655. The Labute approximate surface area is 144 Å². The predicted octanol–water partition coefficient (Wildman–Crippen LogP) is 0.857. The van der Waals surface area contributed by atoms with Crippen molar-refractivity contribution >= 4 is 17.9 Å². The van der Waals surface area contributed by atoms with E-state index in [1.54, 1.807) is 13.8 Å². The Morgan fingerprint density at radius 1 is 1.20 bits per heavy atom. The van der Waals surface area contributed by atoms with Crippen molar-refractivity contribution in [2.75, 3.05) is 26.9 Å². The standard InChI is InChI=1S/C16H20N2O7/c1-9(2)17-16(21)18-13(19)8-25-15(20)10-6-11(22-3)14-12(7-10)23-4-5-24-14/h6-7,9H,4-5,8H2,1-3H3,(H2,17,18,19,21). The Morgan fingerprint density at radius 3 is 2.60 bits per heavy atom. The number of esters is 1. The summed E-state index contributed by atoms with van der Waals surface area (Å²) in [6, 6.07) is 2.10. The minimum atomic E-state index is -0.755. The van der Waals surface area contributed by atoms with Crippen LogP contribution < -0.4 is 24.8 Å². The van der Waals surface area contributed by atoms with Gasteiger partial charge in [0, 0.05) is 6.04 Å². The Kier molecular flexibility index (Phi) is 6.04. The number of urea groups is 1. The summed E-state index contributed by atoms with van der Waals surface area (Å²) in [5, 5.41) is 4.54. The van der Waals surface area contributed by atoms with Gasteiger partial charge in [-0.05, 0) is 26.0 Å². The van der Waals surface area contributed by atoms with Gasteiger partial charge in [0.05, 0.1) is 12.7 Å². The van der Waals surface area contributed by atoms with E-state index in [9.17, 15) is 14.4 Å². The van der Waals surface area contributed by atoms with Crippen molar-refractivity contribution in [2.45, 2.75) is 19.9 Å². The molecule has 0 aromatic heterocycles. The number of ether oxygens (including phenoxy) is 4. The van der Waals surface area contributed by atoms with E-state index >= 15 is 0 Å². The van der Waals surface area contributed by atoms with Crippen LogP contribution in [0.15, 0.2) is 12.1 Å². The van der Waals surface area contributed by atoms with E-state index in [1.165, 1.54) is 19.2 Å². The molecule has 0 radical (unpaired) electrons. The number of carbonyl (C=O) groups excluding carboxylic acids is 3. The van der Waals surface area contributed by atoms with Crippen molar-refractivity contribution in [2.24, 2.45) is 0 Å². The normalized spacial score (nSPS) is 12.3. The lowest BCUT2D eigenvalue weighted by molar-refractivity contribution is -0.123. The van der Waals surface area contributed by atoms with Crippen LogP contribution in [0.1, 0.15) is 24.2 Å². The van der Waals surface area contributed by atoms with Crippen LogP contribution >= 0.6 is 0 Å². The quantitative estimate of drug-likeness (QED) is 0.756. The van der Waals surface area contributed by atoms with Gasteiger partial charge >= 0.3 is 12.0 Å². The van der Waals surface area contributed by atoms with E-state index in [0.29, 0.717) is 30.5 Å². The fourth-order valence-corrected chi connectivity index (χ4v) is 2.07. The lowest BCUT2D eigenvalue weighted by atomic mass is 10.1. The number of benzene rings is 1. The van der Waals surface area contributed by atoms with Crippen LogP contribution in [0.4, 0.5) is 4.79 Å². The molecule has 0 bridgehead atoms. The molecule has 0 saturated heterocycles. The van der Waals surface area contributed by atoms with Crippen molar-refractivity contribution < 1.29 is 33.3 Å².